The summed E-state index contributed by atoms with van der Waals surface area (Å²) in [6, 6.07) is 0. The van der Waals surface area contributed by atoms with Gasteiger partial charge in [-0.05, 0) is 18.8 Å². The fourth-order valence-electron chi connectivity index (χ4n) is 2.32. The van der Waals surface area contributed by atoms with Crippen LogP contribution in [0.3, 0.4) is 0 Å². The summed E-state index contributed by atoms with van der Waals surface area (Å²) in [4.78, 5) is 0. The van der Waals surface area contributed by atoms with Crippen LogP contribution >= 0.6 is 0 Å². The third-order valence-electron chi connectivity index (χ3n) is 3.35. The van der Waals surface area contributed by atoms with Gasteiger partial charge in [0.25, 0.3) is 0 Å². The van der Waals surface area contributed by atoms with E-state index < -0.39 is 0 Å². The predicted molar refractivity (Wildman–Crippen MR) is 59.4 cm³/mol. The normalized spacial score (nSPS) is 19.2. The Hall–Kier alpha value is -0.900. The van der Waals surface area contributed by atoms with Crippen LogP contribution in [0.1, 0.15) is 38.9 Å². The van der Waals surface area contributed by atoms with Gasteiger partial charge in [0.05, 0.1) is 0 Å². The van der Waals surface area contributed by atoms with Crippen molar-refractivity contribution in [1.29, 1.82) is 0 Å². The molecule has 2 rings (SSSR count). The van der Waals surface area contributed by atoms with E-state index in [0.717, 1.165) is 12.4 Å². The summed E-state index contributed by atoms with van der Waals surface area (Å²) in [5.74, 6) is 1.72. The van der Waals surface area contributed by atoms with Gasteiger partial charge in [0.15, 0.2) is 0 Å². The van der Waals surface area contributed by atoms with Crippen molar-refractivity contribution in [1.82, 2.24) is 14.8 Å². The minimum atomic E-state index is 0.130. The molecular formula is C11H20N4. The summed E-state index contributed by atoms with van der Waals surface area (Å²) in [6.45, 7) is 6.10. The number of aromatic nitrogens is 3. The van der Waals surface area contributed by atoms with Gasteiger partial charge in [-0.3, -0.25) is 0 Å². The summed E-state index contributed by atoms with van der Waals surface area (Å²) < 4.78 is 2.18. The quantitative estimate of drug-likeness (QED) is 0.811. The van der Waals surface area contributed by atoms with Gasteiger partial charge in [-0.15, -0.1) is 10.2 Å². The zero-order chi connectivity index (χ0) is 10.9. The highest BCUT2D eigenvalue weighted by atomic mass is 15.3. The fraction of sp³-hybridized carbons (Fsp3) is 0.818. The number of nitrogens with zero attached hydrogens (tertiary/aromatic N) is 3. The number of rotatable bonds is 4. The number of hydrogen-bond acceptors (Lipinski definition) is 3. The molecule has 0 atom stereocenters. The standard InChI is InChI=1S/C11H20N4/c1-9(2)6-15-8-13-14-10(15)11(7-12)4-3-5-11/h8-9H,3-7,12H2,1-2H3. The lowest BCUT2D eigenvalue weighted by molar-refractivity contribution is 0.227. The minimum absolute atomic E-state index is 0.130. The third kappa shape index (κ3) is 1.78. The maximum Gasteiger partial charge on any atom is 0.140 e. The molecule has 0 amide bonds. The van der Waals surface area contributed by atoms with Crippen molar-refractivity contribution in [2.45, 2.75) is 45.1 Å². The lowest BCUT2D eigenvalue weighted by Gasteiger charge is -2.40. The van der Waals surface area contributed by atoms with Crippen molar-refractivity contribution in [2.75, 3.05) is 6.54 Å². The van der Waals surface area contributed by atoms with Crippen LogP contribution in [0.25, 0.3) is 0 Å². The maximum absolute atomic E-state index is 5.88. The van der Waals surface area contributed by atoms with Gasteiger partial charge < -0.3 is 10.3 Å². The highest BCUT2D eigenvalue weighted by Gasteiger charge is 2.41. The first-order valence-corrected chi connectivity index (χ1v) is 5.76. The van der Waals surface area contributed by atoms with E-state index in [-0.39, 0.29) is 5.41 Å². The average Bonchev–Trinajstić information content (AvgIpc) is 2.52. The molecule has 1 saturated carbocycles. The van der Waals surface area contributed by atoms with Gasteiger partial charge >= 0.3 is 0 Å². The Labute approximate surface area is 90.9 Å². The summed E-state index contributed by atoms with van der Waals surface area (Å²) in [6.07, 6.45) is 5.44. The van der Waals surface area contributed by atoms with Crippen LogP contribution in [0, 0.1) is 5.92 Å². The number of hydrogen-bond donors (Lipinski definition) is 1. The van der Waals surface area contributed by atoms with Gasteiger partial charge in [0.2, 0.25) is 0 Å². The molecule has 2 N–H and O–H groups in total. The van der Waals surface area contributed by atoms with Gasteiger partial charge in [-0.25, -0.2) is 0 Å². The third-order valence-corrected chi connectivity index (χ3v) is 3.35. The summed E-state index contributed by atoms with van der Waals surface area (Å²) in [5.41, 5.74) is 6.01. The maximum atomic E-state index is 5.88. The molecule has 1 aliphatic rings. The second kappa shape index (κ2) is 3.93. The molecule has 0 unspecified atom stereocenters. The van der Waals surface area contributed by atoms with Crippen LogP contribution in [0.5, 0.6) is 0 Å². The summed E-state index contributed by atoms with van der Waals surface area (Å²) in [7, 11) is 0. The smallest absolute Gasteiger partial charge is 0.140 e. The summed E-state index contributed by atoms with van der Waals surface area (Å²) >= 11 is 0. The molecule has 0 aliphatic heterocycles. The lowest BCUT2D eigenvalue weighted by Crippen LogP contribution is -2.44. The molecular weight excluding hydrogens is 188 g/mol. The molecule has 1 aromatic heterocycles. The first kappa shape index (κ1) is 10.6. The molecule has 15 heavy (non-hydrogen) atoms. The van der Waals surface area contributed by atoms with Crippen LogP contribution in [0.4, 0.5) is 0 Å². The zero-order valence-electron chi connectivity index (χ0n) is 9.61. The van der Waals surface area contributed by atoms with E-state index in [4.69, 9.17) is 5.73 Å². The van der Waals surface area contributed by atoms with Crippen LogP contribution in [-0.4, -0.2) is 21.3 Å². The first-order chi connectivity index (χ1) is 7.18. The Bertz CT molecular complexity index is 320. The predicted octanol–water partition coefficient (Wildman–Crippen LogP) is 1.31. The van der Waals surface area contributed by atoms with E-state index in [1.54, 1.807) is 0 Å². The largest absolute Gasteiger partial charge is 0.329 e. The molecule has 0 spiro atoms. The molecule has 0 saturated heterocycles. The van der Waals surface area contributed by atoms with E-state index in [0.29, 0.717) is 12.5 Å². The molecule has 4 heteroatoms. The Balaban J connectivity index is 2.23. The molecule has 0 radical (unpaired) electrons. The Morgan fingerprint density at radius 2 is 2.27 bits per heavy atom. The molecule has 0 bridgehead atoms. The monoisotopic (exact) mass is 208 g/mol. The lowest BCUT2D eigenvalue weighted by atomic mass is 9.68. The van der Waals surface area contributed by atoms with Crippen molar-refractivity contribution in [3.63, 3.8) is 0 Å². The Morgan fingerprint density at radius 1 is 1.53 bits per heavy atom. The van der Waals surface area contributed by atoms with Crippen LogP contribution in [0.2, 0.25) is 0 Å². The van der Waals surface area contributed by atoms with Crippen LogP contribution in [0.15, 0.2) is 6.33 Å². The highest BCUT2D eigenvalue weighted by molar-refractivity contribution is 5.14. The SMILES string of the molecule is CC(C)Cn1cnnc1C1(CN)CCC1. The molecule has 0 aromatic carbocycles. The number of nitrogens with two attached hydrogens (primary N) is 1. The van der Waals surface area contributed by atoms with Gasteiger partial charge in [-0.1, -0.05) is 20.3 Å². The molecule has 4 nitrogen and oxygen atoms in total. The van der Waals surface area contributed by atoms with Gasteiger partial charge in [0.1, 0.15) is 12.2 Å². The molecule has 84 valence electrons. The molecule has 1 aromatic rings. The first-order valence-electron chi connectivity index (χ1n) is 5.76. The van der Waals surface area contributed by atoms with Gasteiger partial charge in [0, 0.05) is 18.5 Å². The fourth-order valence-corrected chi connectivity index (χ4v) is 2.32. The van der Waals surface area contributed by atoms with Crippen molar-refractivity contribution in [3.05, 3.63) is 12.2 Å². The Kier molecular flexibility index (Phi) is 2.78. The molecule has 1 aliphatic carbocycles. The zero-order valence-corrected chi connectivity index (χ0v) is 9.61. The van der Waals surface area contributed by atoms with Crippen LogP contribution < -0.4 is 5.73 Å². The average molecular weight is 208 g/mol. The van der Waals surface area contributed by atoms with E-state index in [2.05, 4.69) is 28.6 Å². The summed E-state index contributed by atoms with van der Waals surface area (Å²) in [5, 5.41) is 8.30. The highest BCUT2D eigenvalue weighted by Crippen LogP contribution is 2.41. The van der Waals surface area contributed by atoms with Crippen molar-refractivity contribution in [2.24, 2.45) is 11.7 Å². The van der Waals surface area contributed by atoms with Crippen molar-refractivity contribution >= 4 is 0 Å². The van der Waals surface area contributed by atoms with E-state index in [9.17, 15) is 0 Å². The van der Waals surface area contributed by atoms with Gasteiger partial charge in [-0.2, -0.15) is 0 Å². The second-order valence-electron chi connectivity index (χ2n) is 5.04. The van der Waals surface area contributed by atoms with Crippen molar-refractivity contribution < 1.29 is 0 Å². The van der Waals surface area contributed by atoms with E-state index in [1.165, 1.54) is 19.3 Å². The van der Waals surface area contributed by atoms with E-state index in [1.807, 2.05) is 6.33 Å². The van der Waals surface area contributed by atoms with Crippen LogP contribution in [-0.2, 0) is 12.0 Å². The second-order valence-corrected chi connectivity index (χ2v) is 5.04. The Morgan fingerprint density at radius 3 is 2.73 bits per heavy atom. The van der Waals surface area contributed by atoms with E-state index >= 15 is 0 Å². The minimum Gasteiger partial charge on any atom is -0.329 e. The topological polar surface area (TPSA) is 56.7 Å². The van der Waals surface area contributed by atoms with Crippen molar-refractivity contribution in [3.8, 4) is 0 Å². The molecule has 1 heterocycles. The molecule has 1 fully saturated rings.